The molecule has 2 aliphatic rings. The van der Waals surface area contributed by atoms with Crippen LogP contribution in [0.5, 0.6) is 0 Å². The Morgan fingerprint density at radius 3 is 2.73 bits per heavy atom. The second-order valence-electron chi connectivity index (χ2n) is 10.8. The van der Waals surface area contributed by atoms with Gasteiger partial charge in [0.15, 0.2) is 4.90 Å². The first-order chi connectivity index (χ1) is 20.0. The van der Waals surface area contributed by atoms with Crippen molar-refractivity contribution < 1.29 is 14.0 Å². The number of benzene rings is 2. The van der Waals surface area contributed by atoms with Gasteiger partial charge in [-0.15, -0.1) is 0 Å². The third kappa shape index (κ3) is 6.32. The number of aromatic nitrogens is 3. The van der Waals surface area contributed by atoms with Crippen LogP contribution in [0, 0.1) is 0 Å². The van der Waals surface area contributed by atoms with Gasteiger partial charge in [-0.2, -0.15) is 4.98 Å². The minimum Gasteiger partial charge on any atom is -0.611 e. The molecule has 1 N–H and O–H groups in total. The van der Waals surface area contributed by atoms with Crippen molar-refractivity contribution in [1.29, 1.82) is 0 Å². The molecule has 6 rings (SSSR count). The molecule has 2 aromatic heterocycles. The van der Waals surface area contributed by atoms with Crippen LogP contribution in [0.3, 0.4) is 0 Å². The van der Waals surface area contributed by atoms with Crippen LogP contribution in [-0.2, 0) is 27.2 Å². The molecule has 0 bridgehead atoms. The first-order valence-corrected chi connectivity index (χ1v) is 15.3. The highest BCUT2D eigenvalue weighted by Gasteiger charge is 2.29. The van der Waals surface area contributed by atoms with E-state index in [0.29, 0.717) is 28.9 Å². The molecule has 2 unspecified atom stereocenters. The number of ether oxygens (including phenoxy) is 2. The number of likely N-dealkylation sites (N-methyl/N-ethyl adjacent to an activating group) is 1. The minimum atomic E-state index is -1.24. The van der Waals surface area contributed by atoms with Gasteiger partial charge in [0.2, 0.25) is 5.95 Å². The Hall–Kier alpha value is -3.28. The summed E-state index contributed by atoms with van der Waals surface area (Å²) in [6, 6.07) is 17.6. The predicted molar refractivity (Wildman–Crippen MR) is 160 cm³/mol. The van der Waals surface area contributed by atoms with Crippen molar-refractivity contribution in [3.05, 3.63) is 87.8 Å². The van der Waals surface area contributed by atoms with Gasteiger partial charge in [0.25, 0.3) is 5.56 Å². The molecule has 2 atom stereocenters. The van der Waals surface area contributed by atoms with E-state index in [1.807, 2.05) is 42.5 Å². The molecule has 214 valence electrons. The van der Waals surface area contributed by atoms with Crippen LogP contribution in [0.4, 0.5) is 11.6 Å². The van der Waals surface area contributed by atoms with Gasteiger partial charge in [0, 0.05) is 48.6 Å². The van der Waals surface area contributed by atoms with Crippen molar-refractivity contribution in [2.24, 2.45) is 0 Å². The quantitative estimate of drug-likeness (QED) is 0.281. The van der Waals surface area contributed by atoms with Crippen molar-refractivity contribution in [3.63, 3.8) is 0 Å². The Labute approximate surface area is 242 Å². The molecular weight excluding hydrogens is 538 g/mol. The summed E-state index contributed by atoms with van der Waals surface area (Å²) in [7, 11) is 3.71. The number of methoxy groups -OCH3 is 1. The summed E-state index contributed by atoms with van der Waals surface area (Å²) in [6.45, 7) is 3.20. The molecule has 1 aliphatic heterocycles. The van der Waals surface area contributed by atoms with E-state index in [0.717, 1.165) is 60.3 Å². The van der Waals surface area contributed by atoms with Gasteiger partial charge in [-0.3, -0.25) is 9.36 Å². The molecule has 0 spiro atoms. The van der Waals surface area contributed by atoms with Crippen molar-refractivity contribution in [2.75, 3.05) is 51.5 Å². The third-order valence-corrected chi connectivity index (χ3v) is 9.13. The smallest absolute Gasteiger partial charge is 0.256 e. The number of morpholine rings is 1. The topological polar surface area (TPSA) is 105 Å². The Morgan fingerprint density at radius 2 is 1.98 bits per heavy atom. The summed E-state index contributed by atoms with van der Waals surface area (Å²) in [4.78, 5) is 26.1. The molecule has 1 saturated carbocycles. The van der Waals surface area contributed by atoms with E-state index in [2.05, 4.69) is 34.4 Å². The molecule has 10 heteroatoms. The maximum Gasteiger partial charge on any atom is 0.256 e. The normalized spacial score (nSPS) is 18.5. The molecular formula is C31H35N5O4S. The lowest BCUT2D eigenvalue weighted by molar-refractivity contribution is -0.0208. The second kappa shape index (κ2) is 12.3. The summed E-state index contributed by atoms with van der Waals surface area (Å²) >= 11 is -1.24. The minimum absolute atomic E-state index is 0.0519. The molecule has 9 nitrogen and oxygen atoms in total. The Bertz CT molecular complexity index is 1570. The first kappa shape index (κ1) is 27.9. The fourth-order valence-electron chi connectivity index (χ4n) is 5.26. The maximum atomic E-state index is 13.8. The standard InChI is InChI=1S/C31H35N5O4S/c1-35-13-14-40-27(20-35)22-9-11-25(12-10-22)33-31-32-18-24-17-26(21-7-8-21)30(37)36(29(24)34-31)19-23-5-3-4-6-28(23)41(38)16-15-39-2/h3-6,9-12,17-18,21,27H,7-8,13-16,19-20H2,1-2H3,(H,32,33,34). The van der Waals surface area contributed by atoms with Gasteiger partial charge in [0.1, 0.15) is 11.4 Å². The van der Waals surface area contributed by atoms with Gasteiger partial charge < -0.3 is 24.2 Å². The van der Waals surface area contributed by atoms with Crippen molar-refractivity contribution in [1.82, 2.24) is 19.4 Å². The number of hydrogen-bond acceptors (Lipinski definition) is 8. The van der Waals surface area contributed by atoms with E-state index < -0.39 is 11.2 Å². The number of nitrogens with zero attached hydrogens (tertiary/aromatic N) is 4. The summed E-state index contributed by atoms with van der Waals surface area (Å²) in [5.41, 5.74) is 4.10. The summed E-state index contributed by atoms with van der Waals surface area (Å²) in [6.07, 6.45) is 3.85. The fraction of sp³-hybridized carbons (Fsp3) is 0.387. The number of rotatable bonds is 10. The molecule has 4 aromatic rings. The molecule has 41 heavy (non-hydrogen) atoms. The monoisotopic (exact) mass is 573 g/mol. The first-order valence-electron chi connectivity index (χ1n) is 14.0. The highest BCUT2D eigenvalue weighted by molar-refractivity contribution is 7.91. The fourth-order valence-corrected chi connectivity index (χ4v) is 6.45. The van der Waals surface area contributed by atoms with Crippen LogP contribution >= 0.6 is 0 Å². The molecule has 1 aliphatic carbocycles. The Balaban J connectivity index is 1.31. The number of fused-ring (bicyclic) bond motifs is 1. The largest absolute Gasteiger partial charge is 0.611 e. The average molecular weight is 574 g/mol. The van der Waals surface area contributed by atoms with Crippen LogP contribution < -0.4 is 10.9 Å². The van der Waals surface area contributed by atoms with Gasteiger partial charge in [-0.05, 0) is 66.8 Å². The van der Waals surface area contributed by atoms with E-state index in [1.54, 1.807) is 17.9 Å². The summed E-state index contributed by atoms with van der Waals surface area (Å²) in [5.74, 6) is 1.07. The van der Waals surface area contributed by atoms with E-state index in [9.17, 15) is 9.35 Å². The lowest BCUT2D eigenvalue weighted by Crippen LogP contribution is -2.35. The van der Waals surface area contributed by atoms with E-state index in [-0.39, 0.29) is 24.1 Å². The third-order valence-electron chi connectivity index (χ3n) is 7.70. The Morgan fingerprint density at radius 1 is 1.17 bits per heavy atom. The molecule has 3 heterocycles. The predicted octanol–water partition coefficient (Wildman–Crippen LogP) is 4.22. The highest BCUT2D eigenvalue weighted by Crippen LogP contribution is 2.39. The lowest BCUT2D eigenvalue weighted by Gasteiger charge is -2.30. The van der Waals surface area contributed by atoms with E-state index in [1.165, 1.54) is 0 Å². The summed E-state index contributed by atoms with van der Waals surface area (Å²) < 4.78 is 25.8. The molecule has 2 fully saturated rings. The molecule has 0 radical (unpaired) electrons. The molecule has 0 amide bonds. The van der Waals surface area contributed by atoms with Crippen LogP contribution in [-0.4, -0.2) is 70.2 Å². The van der Waals surface area contributed by atoms with Crippen molar-refractivity contribution in [3.8, 4) is 0 Å². The van der Waals surface area contributed by atoms with Crippen LogP contribution in [0.1, 0.15) is 41.6 Å². The number of nitrogens with one attached hydrogen (secondary N) is 1. The van der Waals surface area contributed by atoms with Crippen molar-refractivity contribution >= 4 is 33.8 Å². The number of pyridine rings is 1. The van der Waals surface area contributed by atoms with Gasteiger partial charge in [-0.25, -0.2) is 4.98 Å². The van der Waals surface area contributed by atoms with Gasteiger partial charge in [-0.1, -0.05) is 30.3 Å². The highest BCUT2D eigenvalue weighted by atomic mass is 32.2. The maximum absolute atomic E-state index is 13.8. The van der Waals surface area contributed by atoms with E-state index in [4.69, 9.17) is 14.5 Å². The molecule has 2 aromatic carbocycles. The van der Waals surface area contributed by atoms with Gasteiger partial charge >= 0.3 is 0 Å². The zero-order valence-corrected chi connectivity index (χ0v) is 24.2. The molecule has 1 saturated heterocycles. The zero-order valence-electron chi connectivity index (χ0n) is 23.4. The lowest BCUT2D eigenvalue weighted by atomic mass is 10.1. The number of anilines is 2. The zero-order chi connectivity index (χ0) is 28.3. The number of hydrogen-bond donors (Lipinski definition) is 1. The SMILES string of the molecule is COCC[S+]([O-])c1ccccc1Cn1c(=O)c(C2CC2)cc2cnc(Nc3ccc(C4CN(C)CCO4)cc3)nc21. The van der Waals surface area contributed by atoms with Crippen LogP contribution in [0.2, 0.25) is 0 Å². The van der Waals surface area contributed by atoms with Crippen molar-refractivity contribution in [2.45, 2.75) is 36.3 Å². The summed E-state index contributed by atoms with van der Waals surface area (Å²) in [5, 5.41) is 4.11. The van der Waals surface area contributed by atoms with Crippen LogP contribution in [0.25, 0.3) is 11.0 Å². The average Bonchev–Trinajstić information content (AvgIpc) is 3.83. The van der Waals surface area contributed by atoms with Crippen LogP contribution in [0.15, 0.2) is 70.5 Å². The van der Waals surface area contributed by atoms with Gasteiger partial charge in [0.05, 0.1) is 25.9 Å². The Kier molecular flexibility index (Phi) is 8.36. The van der Waals surface area contributed by atoms with E-state index >= 15 is 0 Å². The second-order valence-corrected chi connectivity index (χ2v) is 12.3.